The van der Waals surface area contributed by atoms with Crippen LogP contribution < -0.4 is 4.74 Å². The number of ether oxygens (including phenoxy) is 1. The number of benzene rings is 2. The van der Waals surface area contributed by atoms with Gasteiger partial charge in [0.2, 0.25) is 10.0 Å². The summed E-state index contributed by atoms with van der Waals surface area (Å²) >= 11 is 3.20. The van der Waals surface area contributed by atoms with Gasteiger partial charge in [-0.1, -0.05) is 12.1 Å². The Morgan fingerprint density at radius 2 is 2.07 bits per heavy atom. The molecule has 0 aromatic heterocycles. The smallest absolute Gasteiger partial charge is 0.244 e. The molecular weight excluding hydrogens is 455 g/mol. The summed E-state index contributed by atoms with van der Waals surface area (Å²) in [5, 5.41) is 29.1. The SMILES string of the molecule is N#Cc1ccc(O[C@H]2CN(S(=O)(=O)c3ccccc3Br)C[C@@]2(O)CO)cc1F. The van der Waals surface area contributed by atoms with Crippen LogP contribution >= 0.6 is 15.9 Å². The van der Waals surface area contributed by atoms with Crippen molar-refractivity contribution in [1.29, 1.82) is 5.26 Å². The van der Waals surface area contributed by atoms with Gasteiger partial charge in [0, 0.05) is 17.1 Å². The van der Waals surface area contributed by atoms with Crippen molar-refractivity contribution in [3.8, 4) is 11.8 Å². The third-order valence-corrected chi connectivity index (χ3v) is 7.31. The molecule has 0 unspecified atom stereocenters. The molecule has 1 aliphatic rings. The van der Waals surface area contributed by atoms with Crippen LogP contribution in [0, 0.1) is 17.1 Å². The van der Waals surface area contributed by atoms with E-state index in [0.29, 0.717) is 4.47 Å². The van der Waals surface area contributed by atoms with Gasteiger partial charge in [0.25, 0.3) is 0 Å². The number of β-amino-alcohol motifs (C(OH)–C–C–N with tert-alkyl or cyclic N) is 1. The minimum atomic E-state index is -3.98. The van der Waals surface area contributed by atoms with Gasteiger partial charge in [-0.3, -0.25) is 0 Å². The highest BCUT2D eigenvalue weighted by Gasteiger charge is 2.51. The number of nitriles is 1. The molecule has 7 nitrogen and oxygen atoms in total. The summed E-state index contributed by atoms with van der Waals surface area (Å²) in [6.45, 7) is -1.39. The van der Waals surface area contributed by atoms with Crippen molar-refractivity contribution in [2.75, 3.05) is 19.7 Å². The number of aliphatic hydroxyl groups is 2. The largest absolute Gasteiger partial charge is 0.486 e. The first-order valence-electron chi connectivity index (χ1n) is 8.15. The second-order valence-electron chi connectivity index (χ2n) is 6.35. The minimum absolute atomic E-state index is 0.00788. The van der Waals surface area contributed by atoms with E-state index in [1.165, 1.54) is 18.2 Å². The van der Waals surface area contributed by atoms with E-state index in [4.69, 9.17) is 10.00 Å². The molecule has 1 heterocycles. The van der Waals surface area contributed by atoms with E-state index >= 15 is 0 Å². The molecule has 0 amide bonds. The Kier molecular flexibility index (Phi) is 5.74. The lowest BCUT2D eigenvalue weighted by Crippen LogP contribution is -2.48. The van der Waals surface area contributed by atoms with Crippen LogP contribution in [0.25, 0.3) is 0 Å². The Morgan fingerprint density at radius 3 is 2.68 bits per heavy atom. The van der Waals surface area contributed by atoms with E-state index in [1.54, 1.807) is 24.3 Å². The van der Waals surface area contributed by atoms with Gasteiger partial charge in [0.1, 0.15) is 29.3 Å². The Labute approximate surface area is 169 Å². The minimum Gasteiger partial charge on any atom is -0.486 e. The van der Waals surface area contributed by atoms with Gasteiger partial charge in [0.05, 0.1) is 23.6 Å². The number of nitrogens with zero attached hydrogens (tertiary/aromatic N) is 2. The topological polar surface area (TPSA) is 111 Å². The molecule has 0 saturated carbocycles. The molecule has 2 aromatic rings. The van der Waals surface area contributed by atoms with Crippen molar-refractivity contribution < 1.29 is 27.8 Å². The van der Waals surface area contributed by atoms with Crippen LogP contribution in [-0.4, -0.2) is 54.3 Å². The van der Waals surface area contributed by atoms with Gasteiger partial charge in [-0.15, -0.1) is 0 Å². The zero-order valence-corrected chi connectivity index (χ0v) is 16.8. The molecular formula is C18H16BrFN2O5S. The molecule has 0 aliphatic carbocycles. The normalized spacial score (nSPS) is 22.8. The molecule has 1 aliphatic heterocycles. The molecule has 0 spiro atoms. The number of halogens is 2. The summed E-state index contributed by atoms with van der Waals surface area (Å²) in [5.41, 5.74) is -2.05. The Morgan fingerprint density at radius 1 is 1.36 bits per heavy atom. The van der Waals surface area contributed by atoms with Gasteiger partial charge in [-0.05, 0) is 40.2 Å². The number of rotatable bonds is 5. The predicted octanol–water partition coefficient (Wildman–Crippen LogP) is 1.64. The summed E-state index contributed by atoms with van der Waals surface area (Å²) < 4.78 is 46.6. The number of hydrogen-bond donors (Lipinski definition) is 2. The third-order valence-electron chi connectivity index (χ3n) is 4.49. The van der Waals surface area contributed by atoms with E-state index in [2.05, 4.69) is 15.9 Å². The van der Waals surface area contributed by atoms with Gasteiger partial charge < -0.3 is 14.9 Å². The lowest BCUT2D eigenvalue weighted by Gasteiger charge is -2.27. The van der Waals surface area contributed by atoms with Crippen molar-refractivity contribution in [2.24, 2.45) is 0 Å². The van der Waals surface area contributed by atoms with E-state index < -0.39 is 40.7 Å². The van der Waals surface area contributed by atoms with E-state index in [1.807, 2.05) is 0 Å². The maximum absolute atomic E-state index is 13.8. The predicted molar refractivity (Wildman–Crippen MR) is 100 cm³/mol. The molecule has 28 heavy (non-hydrogen) atoms. The van der Waals surface area contributed by atoms with Gasteiger partial charge in [0.15, 0.2) is 0 Å². The highest BCUT2D eigenvalue weighted by molar-refractivity contribution is 9.10. The molecule has 0 radical (unpaired) electrons. The quantitative estimate of drug-likeness (QED) is 0.686. The first-order chi connectivity index (χ1) is 13.2. The summed E-state index contributed by atoms with van der Waals surface area (Å²) in [5.74, 6) is -0.795. The maximum Gasteiger partial charge on any atom is 0.244 e. The monoisotopic (exact) mass is 470 g/mol. The molecule has 0 bridgehead atoms. The lowest BCUT2D eigenvalue weighted by atomic mass is 10.0. The summed E-state index contributed by atoms with van der Waals surface area (Å²) in [6.07, 6.45) is -1.14. The fourth-order valence-corrected chi connectivity index (χ4v) is 5.39. The number of sulfonamides is 1. The average Bonchev–Trinajstić information content (AvgIpc) is 3.00. The van der Waals surface area contributed by atoms with Crippen molar-refractivity contribution in [3.63, 3.8) is 0 Å². The summed E-state index contributed by atoms with van der Waals surface area (Å²) in [7, 11) is -3.98. The van der Waals surface area contributed by atoms with Gasteiger partial charge in [-0.2, -0.15) is 9.57 Å². The summed E-state index contributed by atoms with van der Waals surface area (Å²) in [6, 6.07) is 11.4. The first-order valence-corrected chi connectivity index (χ1v) is 10.4. The van der Waals surface area contributed by atoms with Crippen LogP contribution in [0.4, 0.5) is 4.39 Å². The van der Waals surface area contributed by atoms with Crippen molar-refractivity contribution in [1.82, 2.24) is 4.31 Å². The zero-order valence-electron chi connectivity index (χ0n) is 14.4. The van der Waals surface area contributed by atoms with Crippen molar-refractivity contribution in [2.45, 2.75) is 16.6 Å². The molecule has 1 saturated heterocycles. The molecule has 2 aromatic carbocycles. The number of aliphatic hydroxyl groups excluding tert-OH is 1. The van der Waals surface area contributed by atoms with Crippen LogP contribution in [0.3, 0.4) is 0 Å². The van der Waals surface area contributed by atoms with E-state index in [9.17, 15) is 23.0 Å². The second kappa shape index (κ2) is 7.77. The van der Waals surface area contributed by atoms with E-state index in [-0.39, 0.29) is 22.8 Å². The Bertz CT molecular complexity index is 1040. The molecule has 3 rings (SSSR count). The van der Waals surface area contributed by atoms with Crippen LogP contribution in [0.1, 0.15) is 5.56 Å². The van der Waals surface area contributed by atoms with Gasteiger partial charge in [-0.25, -0.2) is 12.8 Å². The maximum atomic E-state index is 13.8. The fourth-order valence-electron chi connectivity index (χ4n) is 2.93. The van der Waals surface area contributed by atoms with Gasteiger partial charge >= 0.3 is 0 Å². The third kappa shape index (κ3) is 3.76. The average molecular weight is 471 g/mol. The van der Waals surface area contributed by atoms with Crippen molar-refractivity contribution in [3.05, 3.63) is 58.3 Å². The first kappa shape index (κ1) is 20.7. The Balaban J connectivity index is 1.89. The van der Waals surface area contributed by atoms with Crippen LogP contribution in [0.15, 0.2) is 51.8 Å². The van der Waals surface area contributed by atoms with E-state index in [0.717, 1.165) is 10.4 Å². The molecule has 148 valence electrons. The second-order valence-corrected chi connectivity index (χ2v) is 9.11. The molecule has 2 atom stereocenters. The standard InChI is InChI=1S/C18H16BrFN2O5S/c19-14-3-1-2-4-16(14)28(25,26)22-9-17(18(24,10-22)11-23)27-13-6-5-12(8-21)15(20)7-13/h1-7,17,23-24H,9-11H2/t17-,18+/m0/s1. The zero-order chi connectivity index (χ0) is 20.5. The molecule has 10 heteroatoms. The number of hydrogen-bond acceptors (Lipinski definition) is 6. The molecule has 1 fully saturated rings. The lowest BCUT2D eigenvalue weighted by molar-refractivity contribution is -0.0641. The summed E-state index contributed by atoms with van der Waals surface area (Å²) in [4.78, 5) is 0.0142. The van der Waals surface area contributed by atoms with Crippen LogP contribution in [0.2, 0.25) is 0 Å². The Hall–Kier alpha value is -2.03. The van der Waals surface area contributed by atoms with Crippen LogP contribution in [0.5, 0.6) is 5.75 Å². The fraction of sp³-hybridized carbons (Fsp3) is 0.278. The molecule has 2 N–H and O–H groups in total. The van der Waals surface area contributed by atoms with Crippen LogP contribution in [-0.2, 0) is 10.0 Å². The highest BCUT2D eigenvalue weighted by atomic mass is 79.9. The van der Waals surface area contributed by atoms with Crippen molar-refractivity contribution >= 4 is 26.0 Å². The highest BCUT2D eigenvalue weighted by Crippen LogP contribution is 2.33.